The molecule has 46 valence electrons. The minimum absolute atomic E-state index is 0.324. The molecule has 0 spiro atoms. The molecule has 1 N–H and O–H groups in total. The molecule has 0 rings (SSSR count). The molecular weight excluding hydrogens is 201 g/mol. The Morgan fingerprint density at radius 2 is 2.14 bits per heavy atom. The SMILES string of the molecule is C[I-]NCC(C)C. The van der Waals surface area contributed by atoms with Crippen molar-refractivity contribution in [3.63, 3.8) is 0 Å². The van der Waals surface area contributed by atoms with E-state index < -0.39 is 0 Å². The van der Waals surface area contributed by atoms with Gasteiger partial charge in [0.15, 0.2) is 0 Å². The van der Waals surface area contributed by atoms with Gasteiger partial charge in [-0.25, -0.2) is 0 Å². The van der Waals surface area contributed by atoms with Gasteiger partial charge in [-0.15, -0.1) is 0 Å². The molecule has 0 saturated carbocycles. The average molecular weight is 214 g/mol. The summed E-state index contributed by atoms with van der Waals surface area (Å²) in [5, 5.41) is 0. The van der Waals surface area contributed by atoms with Gasteiger partial charge in [0.25, 0.3) is 0 Å². The van der Waals surface area contributed by atoms with Crippen molar-refractivity contribution in [3.05, 3.63) is 0 Å². The van der Waals surface area contributed by atoms with Crippen LogP contribution in [0.4, 0.5) is 0 Å². The Balaban J connectivity index is 2.68. The maximum absolute atomic E-state index is 3.36. The van der Waals surface area contributed by atoms with Crippen LogP contribution >= 0.6 is 0 Å². The number of alkyl halides is 1. The van der Waals surface area contributed by atoms with E-state index in [1.165, 1.54) is 6.54 Å². The van der Waals surface area contributed by atoms with Gasteiger partial charge in [0.05, 0.1) is 0 Å². The number of halogens is 1. The molecule has 0 heterocycles. The maximum atomic E-state index is 3.36. The van der Waals surface area contributed by atoms with Crippen molar-refractivity contribution < 1.29 is 21.5 Å². The molecular formula is C5H13IN-. The normalized spacial score (nSPS) is 10.9. The molecule has 0 unspecified atom stereocenters. The number of hydrogen-bond acceptors (Lipinski definition) is 1. The summed E-state index contributed by atoms with van der Waals surface area (Å²) in [6.45, 7) is 5.66. The van der Waals surface area contributed by atoms with Gasteiger partial charge >= 0.3 is 56.2 Å². The van der Waals surface area contributed by atoms with Gasteiger partial charge in [-0.2, -0.15) is 0 Å². The predicted octanol–water partition coefficient (Wildman–Crippen LogP) is -2.13. The van der Waals surface area contributed by atoms with Crippen LogP contribution in [0, 0.1) is 5.92 Å². The molecule has 0 radical (unpaired) electrons. The van der Waals surface area contributed by atoms with Crippen LogP contribution < -0.4 is 25.0 Å². The van der Waals surface area contributed by atoms with Gasteiger partial charge in [-0.05, 0) is 0 Å². The first-order valence-corrected chi connectivity index (χ1v) is 5.72. The molecule has 2 heteroatoms. The number of nitrogens with one attached hydrogen (secondary N) is 1. The van der Waals surface area contributed by atoms with E-state index in [1.807, 2.05) is 0 Å². The molecule has 0 aliphatic heterocycles. The van der Waals surface area contributed by atoms with Crippen molar-refractivity contribution in [2.24, 2.45) is 5.92 Å². The average Bonchev–Trinajstić information content (AvgIpc) is 1.61. The van der Waals surface area contributed by atoms with Crippen LogP contribution in [-0.4, -0.2) is 11.5 Å². The molecule has 0 aliphatic carbocycles. The second-order valence-corrected chi connectivity index (χ2v) is 3.76. The van der Waals surface area contributed by atoms with Crippen molar-refractivity contribution >= 4 is 0 Å². The third-order valence-electron chi connectivity index (χ3n) is 0.619. The summed E-state index contributed by atoms with van der Waals surface area (Å²) in [7, 11) is 0. The fourth-order valence-electron chi connectivity index (χ4n) is 0.231. The van der Waals surface area contributed by atoms with Crippen LogP contribution in [0.15, 0.2) is 0 Å². The summed E-state index contributed by atoms with van der Waals surface area (Å²) in [4.78, 5) is 2.24. The Kier molecular flexibility index (Phi) is 5.32. The van der Waals surface area contributed by atoms with Gasteiger partial charge in [-0.1, -0.05) is 0 Å². The fraction of sp³-hybridized carbons (Fsp3) is 1.00. The zero-order valence-electron chi connectivity index (χ0n) is 5.16. The first-order valence-electron chi connectivity index (χ1n) is 2.48. The number of rotatable bonds is 3. The quantitative estimate of drug-likeness (QED) is 0.321. The Morgan fingerprint density at radius 1 is 1.57 bits per heavy atom. The zero-order valence-corrected chi connectivity index (χ0v) is 7.32. The first kappa shape index (κ1) is 7.69. The van der Waals surface area contributed by atoms with Crippen molar-refractivity contribution in [2.45, 2.75) is 13.8 Å². The van der Waals surface area contributed by atoms with Crippen LogP contribution in [0.1, 0.15) is 13.8 Å². The van der Waals surface area contributed by atoms with E-state index in [0.29, 0.717) is 21.5 Å². The summed E-state index contributed by atoms with van der Waals surface area (Å²) in [6.07, 6.45) is 0. The standard InChI is InChI=1S/C5H13IN/c1-5(2)4-7-6-3/h5,7H,4H2,1-3H3/q-1. The van der Waals surface area contributed by atoms with Crippen molar-refractivity contribution in [1.82, 2.24) is 3.53 Å². The summed E-state index contributed by atoms with van der Waals surface area (Å²) in [5.74, 6) is 0.819. The van der Waals surface area contributed by atoms with Gasteiger partial charge in [0.1, 0.15) is 0 Å². The van der Waals surface area contributed by atoms with E-state index in [4.69, 9.17) is 0 Å². The van der Waals surface area contributed by atoms with Crippen LogP contribution in [0.5, 0.6) is 0 Å². The molecule has 1 nitrogen and oxygen atoms in total. The first-order chi connectivity index (χ1) is 3.27. The van der Waals surface area contributed by atoms with Gasteiger partial charge in [0, 0.05) is 0 Å². The minimum atomic E-state index is 0.324. The Hall–Kier alpha value is 0.690. The second kappa shape index (κ2) is 4.84. The predicted molar refractivity (Wildman–Crippen MR) is 28.8 cm³/mol. The summed E-state index contributed by atoms with van der Waals surface area (Å²) in [5.41, 5.74) is 0. The Bertz CT molecular complexity index is 37.1. The Morgan fingerprint density at radius 3 is 2.29 bits per heavy atom. The molecule has 0 atom stereocenters. The molecule has 0 aromatic heterocycles. The number of hydrogen-bond donors (Lipinski definition) is 1. The molecule has 0 saturated heterocycles. The molecule has 0 bridgehead atoms. The molecule has 0 aromatic rings. The van der Waals surface area contributed by atoms with E-state index in [0.717, 1.165) is 5.92 Å². The van der Waals surface area contributed by atoms with Crippen LogP contribution in [0.3, 0.4) is 0 Å². The topological polar surface area (TPSA) is 12.0 Å². The van der Waals surface area contributed by atoms with Gasteiger partial charge in [-0.3, -0.25) is 0 Å². The van der Waals surface area contributed by atoms with E-state index in [9.17, 15) is 0 Å². The monoisotopic (exact) mass is 214 g/mol. The summed E-state index contributed by atoms with van der Waals surface area (Å²) < 4.78 is 3.36. The summed E-state index contributed by atoms with van der Waals surface area (Å²) in [6, 6.07) is 0. The molecule has 7 heavy (non-hydrogen) atoms. The van der Waals surface area contributed by atoms with Gasteiger partial charge < -0.3 is 0 Å². The van der Waals surface area contributed by atoms with E-state index in [2.05, 4.69) is 22.3 Å². The van der Waals surface area contributed by atoms with Crippen LogP contribution in [0.25, 0.3) is 0 Å². The molecule has 0 amide bonds. The summed E-state index contributed by atoms with van der Waals surface area (Å²) >= 11 is 0.324. The van der Waals surface area contributed by atoms with Crippen LogP contribution in [0.2, 0.25) is 0 Å². The third-order valence-corrected chi connectivity index (χ3v) is 1.82. The van der Waals surface area contributed by atoms with E-state index in [-0.39, 0.29) is 0 Å². The second-order valence-electron chi connectivity index (χ2n) is 1.92. The molecule has 0 aliphatic rings. The molecule has 0 fully saturated rings. The Labute approximate surface area is 56.5 Å². The van der Waals surface area contributed by atoms with E-state index in [1.54, 1.807) is 0 Å². The molecule has 0 aromatic carbocycles. The third kappa shape index (κ3) is 6.69. The van der Waals surface area contributed by atoms with E-state index >= 15 is 0 Å². The van der Waals surface area contributed by atoms with Crippen LogP contribution in [-0.2, 0) is 0 Å². The zero-order chi connectivity index (χ0) is 5.70. The van der Waals surface area contributed by atoms with Crippen molar-refractivity contribution in [2.75, 3.05) is 11.5 Å². The van der Waals surface area contributed by atoms with Gasteiger partial charge in [0.2, 0.25) is 0 Å². The van der Waals surface area contributed by atoms with Crippen molar-refractivity contribution in [3.8, 4) is 0 Å². The van der Waals surface area contributed by atoms with Crippen molar-refractivity contribution in [1.29, 1.82) is 0 Å². The fourth-order valence-corrected chi connectivity index (χ4v) is 1.55.